The molecule has 0 aliphatic carbocycles. The van der Waals surface area contributed by atoms with Gasteiger partial charge < -0.3 is 14.4 Å². The molecule has 5 heteroatoms. The average Bonchev–Trinajstić information content (AvgIpc) is 3.33. The molecule has 1 atom stereocenters. The standard InChI is InChI=1S/C32H43N3O2/c1-6-8-11-19-34(32(37)28-17-12-14-25(3)21-28)24-31(36)35(27(5)7-2)23-30-18-13-20-33(30)22-29-16-10-9-15-26(29)4/h9-10,12-18,20-21,27H,6-8,11,19,22-24H2,1-5H3. The number of nitrogens with zero attached hydrogens (tertiary/aromatic N) is 3. The predicted octanol–water partition coefficient (Wildman–Crippen LogP) is 6.61. The highest BCUT2D eigenvalue weighted by Crippen LogP contribution is 2.17. The Morgan fingerprint density at radius 3 is 2.43 bits per heavy atom. The lowest BCUT2D eigenvalue weighted by Gasteiger charge is -2.32. The summed E-state index contributed by atoms with van der Waals surface area (Å²) < 4.78 is 2.22. The maximum absolute atomic E-state index is 13.8. The van der Waals surface area contributed by atoms with Crippen LogP contribution < -0.4 is 0 Å². The zero-order valence-corrected chi connectivity index (χ0v) is 23.2. The summed E-state index contributed by atoms with van der Waals surface area (Å²) in [4.78, 5) is 30.9. The van der Waals surface area contributed by atoms with E-state index < -0.39 is 0 Å². The molecule has 3 aromatic rings. The minimum absolute atomic E-state index is 0.00417. The van der Waals surface area contributed by atoms with Gasteiger partial charge in [0, 0.05) is 36.6 Å². The molecular weight excluding hydrogens is 458 g/mol. The summed E-state index contributed by atoms with van der Waals surface area (Å²) in [6.07, 6.45) is 5.93. The van der Waals surface area contributed by atoms with Crippen LogP contribution >= 0.6 is 0 Å². The Balaban J connectivity index is 1.80. The molecule has 2 amide bonds. The highest BCUT2D eigenvalue weighted by atomic mass is 16.2. The minimum Gasteiger partial charge on any atom is -0.345 e. The van der Waals surface area contributed by atoms with Gasteiger partial charge in [-0.3, -0.25) is 9.59 Å². The van der Waals surface area contributed by atoms with Gasteiger partial charge in [0.05, 0.1) is 6.54 Å². The topological polar surface area (TPSA) is 45.6 Å². The fraction of sp³-hybridized carbons (Fsp3) is 0.438. The zero-order chi connectivity index (χ0) is 26.8. The summed E-state index contributed by atoms with van der Waals surface area (Å²) >= 11 is 0. The second kappa shape index (κ2) is 13.8. The van der Waals surface area contributed by atoms with Gasteiger partial charge in [-0.1, -0.05) is 68.7 Å². The van der Waals surface area contributed by atoms with Gasteiger partial charge in [-0.05, 0) is 69.0 Å². The van der Waals surface area contributed by atoms with Gasteiger partial charge >= 0.3 is 0 Å². The largest absolute Gasteiger partial charge is 0.345 e. The van der Waals surface area contributed by atoms with E-state index in [0.29, 0.717) is 18.7 Å². The van der Waals surface area contributed by atoms with Crippen molar-refractivity contribution in [3.05, 3.63) is 94.8 Å². The van der Waals surface area contributed by atoms with E-state index in [4.69, 9.17) is 0 Å². The van der Waals surface area contributed by atoms with Crippen molar-refractivity contribution in [3.63, 3.8) is 0 Å². The summed E-state index contributed by atoms with van der Waals surface area (Å²) in [7, 11) is 0. The van der Waals surface area contributed by atoms with Gasteiger partial charge in [-0.25, -0.2) is 0 Å². The molecule has 0 bridgehead atoms. The highest BCUT2D eigenvalue weighted by molar-refractivity contribution is 5.96. The SMILES string of the molecule is CCCCCN(CC(=O)N(Cc1cccn1Cc1ccccc1C)C(C)CC)C(=O)c1cccc(C)c1. The molecule has 2 aromatic carbocycles. The molecule has 0 saturated carbocycles. The van der Waals surface area contributed by atoms with E-state index in [9.17, 15) is 9.59 Å². The number of amides is 2. The Morgan fingerprint density at radius 1 is 0.946 bits per heavy atom. The molecule has 1 aromatic heterocycles. The van der Waals surface area contributed by atoms with Gasteiger partial charge in [-0.2, -0.15) is 0 Å². The Kier molecular flexibility index (Phi) is 10.6. The smallest absolute Gasteiger partial charge is 0.254 e. The van der Waals surface area contributed by atoms with Crippen LogP contribution in [0.5, 0.6) is 0 Å². The number of benzene rings is 2. The van der Waals surface area contributed by atoms with Crippen molar-refractivity contribution in [2.45, 2.75) is 79.4 Å². The van der Waals surface area contributed by atoms with Crippen LogP contribution in [-0.2, 0) is 17.9 Å². The third-order valence-electron chi connectivity index (χ3n) is 7.21. The highest BCUT2D eigenvalue weighted by Gasteiger charge is 2.25. The van der Waals surface area contributed by atoms with Crippen molar-refractivity contribution < 1.29 is 9.59 Å². The van der Waals surface area contributed by atoms with Gasteiger partial charge in [0.15, 0.2) is 0 Å². The maximum atomic E-state index is 13.8. The van der Waals surface area contributed by atoms with Gasteiger partial charge in [0.2, 0.25) is 5.91 Å². The lowest BCUT2D eigenvalue weighted by atomic mass is 10.1. The molecule has 37 heavy (non-hydrogen) atoms. The summed E-state index contributed by atoms with van der Waals surface area (Å²) in [6, 6.07) is 20.3. The van der Waals surface area contributed by atoms with Crippen molar-refractivity contribution >= 4 is 11.8 Å². The molecule has 0 N–H and O–H groups in total. The van der Waals surface area contributed by atoms with Crippen LogP contribution in [0.25, 0.3) is 0 Å². The van der Waals surface area contributed by atoms with Crippen LogP contribution in [0.1, 0.15) is 79.2 Å². The fourth-order valence-corrected chi connectivity index (χ4v) is 4.62. The first-order chi connectivity index (χ1) is 17.8. The van der Waals surface area contributed by atoms with Crippen molar-refractivity contribution in [2.24, 2.45) is 0 Å². The predicted molar refractivity (Wildman–Crippen MR) is 152 cm³/mol. The normalized spacial score (nSPS) is 11.8. The quantitative estimate of drug-likeness (QED) is 0.247. The molecule has 0 spiro atoms. The molecule has 1 heterocycles. The Hall–Kier alpha value is -3.34. The number of rotatable bonds is 13. The van der Waals surface area contributed by atoms with E-state index in [-0.39, 0.29) is 24.4 Å². The summed E-state index contributed by atoms with van der Waals surface area (Å²) in [5, 5.41) is 0. The van der Waals surface area contributed by atoms with E-state index in [1.165, 1.54) is 11.1 Å². The maximum Gasteiger partial charge on any atom is 0.254 e. The van der Waals surface area contributed by atoms with Gasteiger partial charge in [-0.15, -0.1) is 0 Å². The number of aryl methyl sites for hydroxylation is 2. The molecule has 0 aliphatic rings. The third-order valence-corrected chi connectivity index (χ3v) is 7.21. The zero-order valence-electron chi connectivity index (χ0n) is 23.2. The number of aromatic nitrogens is 1. The first-order valence-electron chi connectivity index (χ1n) is 13.7. The van der Waals surface area contributed by atoms with Crippen molar-refractivity contribution in [1.82, 2.24) is 14.4 Å². The molecule has 1 unspecified atom stereocenters. The second-order valence-electron chi connectivity index (χ2n) is 10.1. The van der Waals surface area contributed by atoms with Gasteiger partial charge in [0.25, 0.3) is 5.91 Å². The third kappa shape index (κ3) is 7.82. The number of hydrogen-bond acceptors (Lipinski definition) is 2. The number of unbranched alkanes of at least 4 members (excludes halogenated alkanes) is 2. The number of hydrogen-bond donors (Lipinski definition) is 0. The average molecular weight is 502 g/mol. The van der Waals surface area contributed by atoms with Crippen LogP contribution in [0.2, 0.25) is 0 Å². The summed E-state index contributed by atoms with van der Waals surface area (Å²) in [5.74, 6) is -0.0734. The molecular formula is C32H43N3O2. The second-order valence-corrected chi connectivity index (χ2v) is 10.1. The Morgan fingerprint density at radius 2 is 1.73 bits per heavy atom. The molecule has 0 aliphatic heterocycles. The van der Waals surface area contributed by atoms with Crippen LogP contribution in [0.3, 0.4) is 0 Å². The van der Waals surface area contributed by atoms with Crippen LogP contribution in [0, 0.1) is 13.8 Å². The van der Waals surface area contributed by atoms with Crippen molar-refractivity contribution in [3.8, 4) is 0 Å². The van der Waals surface area contributed by atoms with Crippen molar-refractivity contribution in [2.75, 3.05) is 13.1 Å². The fourth-order valence-electron chi connectivity index (χ4n) is 4.62. The van der Waals surface area contributed by atoms with Gasteiger partial charge in [0.1, 0.15) is 6.54 Å². The minimum atomic E-state index is -0.0693. The van der Waals surface area contributed by atoms with Crippen molar-refractivity contribution in [1.29, 1.82) is 0 Å². The number of carbonyl (C=O) groups is 2. The monoisotopic (exact) mass is 501 g/mol. The first kappa shape index (κ1) is 28.2. The van der Waals surface area contributed by atoms with E-state index >= 15 is 0 Å². The molecule has 0 radical (unpaired) electrons. The van der Waals surface area contributed by atoms with E-state index in [1.54, 1.807) is 4.90 Å². The van der Waals surface area contributed by atoms with E-state index in [2.05, 4.69) is 68.8 Å². The molecule has 198 valence electrons. The Bertz CT molecular complexity index is 1170. The lowest BCUT2D eigenvalue weighted by molar-refractivity contribution is -0.134. The van der Waals surface area contributed by atoms with Crippen LogP contribution in [0.15, 0.2) is 66.9 Å². The Labute approximate surface area is 223 Å². The molecule has 0 fully saturated rings. The molecule has 5 nitrogen and oxygen atoms in total. The van der Waals surface area contributed by atoms with E-state index in [1.807, 2.05) is 42.2 Å². The van der Waals surface area contributed by atoms with Crippen LogP contribution in [0.4, 0.5) is 0 Å². The summed E-state index contributed by atoms with van der Waals surface area (Å²) in [6.45, 7) is 12.4. The van der Waals surface area contributed by atoms with Crippen LogP contribution in [-0.4, -0.2) is 45.3 Å². The molecule has 3 rings (SSSR count). The van der Waals surface area contributed by atoms with E-state index in [0.717, 1.165) is 43.5 Å². The first-order valence-corrected chi connectivity index (χ1v) is 13.7. The lowest BCUT2D eigenvalue weighted by Crippen LogP contribution is -2.46. The summed E-state index contributed by atoms with van der Waals surface area (Å²) in [5.41, 5.74) is 5.31. The molecule has 0 saturated heterocycles. The number of carbonyl (C=O) groups excluding carboxylic acids is 2.